The molecule has 1 N–H and O–H groups in total. The average Bonchev–Trinajstić information content (AvgIpc) is 2.88. The fourth-order valence-electron chi connectivity index (χ4n) is 2.03. The maximum absolute atomic E-state index is 5.14. The fraction of sp³-hybridized carbons (Fsp3) is 0.214. The van der Waals surface area contributed by atoms with Crippen LogP contribution in [0.5, 0.6) is 5.75 Å². The highest BCUT2D eigenvalue weighted by Gasteiger charge is 2.07. The van der Waals surface area contributed by atoms with Gasteiger partial charge in [-0.15, -0.1) is 0 Å². The molecule has 0 aliphatic heterocycles. The van der Waals surface area contributed by atoms with E-state index in [1.165, 1.54) is 0 Å². The molecule has 20 heavy (non-hydrogen) atoms. The third-order valence-corrected chi connectivity index (χ3v) is 3.15. The second-order valence-corrected chi connectivity index (χ2v) is 4.43. The van der Waals surface area contributed by atoms with Gasteiger partial charge in [0.1, 0.15) is 17.9 Å². The molecule has 0 fully saturated rings. The third-order valence-electron chi connectivity index (χ3n) is 3.15. The van der Waals surface area contributed by atoms with Crippen molar-refractivity contribution in [2.24, 2.45) is 7.05 Å². The Morgan fingerprint density at radius 2 is 2.00 bits per heavy atom. The lowest BCUT2D eigenvalue weighted by molar-refractivity contribution is 0.414. The molecule has 2 aromatic heterocycles. The molecule has 102 valence electrons. The van der Waals surface area contributed by atoms with Crippen molar-refractivity contribution in [1.82, 2.24) is 19.7 Å². The van der Waals surface area contributed by atoms with Gasteiger partial charge in [-0.3, -0.25) is 4.68 Å². The fourth-order valence-corrected chi connectivity index (χ4v) is 2.03. The number of benzene rings is 1. The van der Waals surface area contributed by atoms with Crippen LogP contribution in [0.4, 0.5) is 5.82 Å². The smallest absolute Gasteiger partial charge is 0.163 e. The summed E-state index contributed by atoms with van der Waals surface area (Å²) in [6.07, 6.45) is 3.31. The van der Waals surface area contributed by atoms with Crippen molar-refractivity contribution >= 4 is 16.9 Å². The van der Waals surface area contributed by atoms with E-state index in [-0.39, 0.29) is 0 Å². The van der Waals surface area contributed by atoms with Gasteiger partial charge in [0.15, 0.2) is 5.65 Å². The van der Waals surface area contributed by atoms with E-state index in [0.29, 0.717) is 6.54 Å². The number of hydrogen-bond donors (Lipinski definition) is 1. The second-order valence-electron chi connectivity index (χ2n) is 4.43. The van der Waals surface area contributed by atoms with Crippen LogP contribution in [0.25, 0.3) is 11.0 Å². The van der Waals surface area contributed by atoms with Crippen LogP contribution in [-0.4, -0.2) is 26.9 Å². The van der Waals surface area contributed by atoms with Crippen molar-refractivity contribution in [3.05, 3.63) is 42.4 Å². The summed E-state index contributed by atoms with van der Waals surface area (Å²) in [5.41, 5.74) is 1.97. The number of hydrogen-bond acceptors (Lipinski definition) is 5. The molecule has 1 aromatic carbocycles. The summed E-state index contributed by atoms with van der Waals surface area (Å²) in [5.74, 6) is 1.64. The van der Waals surface area contributed by atoms with Gasteiger partial charge in [0.25, 0.3) is 0 Å². The molecule has 0 aliphatic carbocycles. The number of aryl methyl sites for hydroxylation is 1. The van der Waals surface area contributed by atoms with Gasteiger partial charge in [0, 0.05) is 13.6 Å². The molecule has 3 rings (SSSR count). The average molecular weight is 269 g/mol. The van der Waals surface area contributed by atoms with Crippen LogP contribution in [0.1, 0.15) is 5.56 Å². The lowest BCUT2D eigenvalue weighted by atomic mass is 10.2. The number of nitrogens with zero attached hydrogens (tertiary/aromatic N) is 4. The van der Waals surface area contributed by atoms with E-state index in [4.69, 9.17) is 4.74 Å². The van der Waals surface area contributed by atoms with Crippen molar-refractivity contribution in [1.29, 1.82) is 0 Å². The van der Waals surface area contributed by atoms with E-state index in [2.05, 4.69) is 20.4 Å². The standard InChI is InChI=1S/C14H15N5O/c1-19-14-12(8-18-19)13(16-9-17-14)15-7-10-3-5-11(20-2)6-4-10/h3-6,8-9H,7H2,1-2H3,(H,15,16,17). The van der Waals surface area contributed by atoms with Gasteiger partial charge < -0.3 is 10.1 Å². The first-order valence-electron chi connectivity index (χ1n) is 6.27. The summed E-state index contributed by atoms with van der Waals surface area (Å²) < 4.78 is 6.87. The Labute approximate surface area is 116 Å². The van der Waals surface area contributed by atoms with Crippen molar-refractivity contribution < 1.29 is 4.74 Å². The van der Waals surface area contributed by atoms with E-state index in [9.17, 15) is 0 Å². The highest BCUT2D eigenvalue weighted by molar-refractivity contribution is 5.85. The van der Waals surface area contributed by atoms with Gasteiger partial charge in [-0.25, -0.2) is 9.97 Å². The predicted octanol–water partition coefficient (Wildman–Crippen LogP) is 1.98. The van der Waals surface area contributed by atoms with E-state index in [1.54, 1.807) is 24.3 Å². The van der Waals surface area contributed by atoms with Crippen LogP contribution >= 0.6 is 0 Å². The van der Waals surface area contributed by atoms with Crippen LogP contribution in [0.15, 0.2) is 36.8 Å². The number of aromatic nitrogens is 4. The number of ether oxygens (including phenoxy) is 1. The van der Waals surface area contributed by atoms with Crippen LogP contribution in [0.3, 0.4) is 0 Å². The van der Waals surface area contributed by atoms with Crippen molar-refractivity contribution in [2.75, 3.05) is 12.4 Å². The SMILES string of the molecule is COc1ccc(CNc2ncnc3c2cnn3C)cc1. The molecular formula is C14H15N5O. The zero-order valence-corrected chi connectivity index (χ0v) is 11.4. The lowest BCUT2D eigenvalue weighted by Gasteiger charge is -2.07. The highest BCUT2D eigenvalue weighted by Crippen LogP contribution is 2.19. The van der Waals surface area contributed by atoms with Crippen molar-refractivity contribution in [2.45, 2.75) is 6.54 Å². The Bertz CT molecular complexity index is 720. The largest absolute Gasteiger partial charge is 0.497 e. The monoisotopic (exact) mass is 269 g/mol. The maximum atomic E-state index is 5.14. The Morgan fingerprint density at radius 1 is 1.20 bits per heavy atom. The molecule has 2 heterocycles. The minimum absolute atomic E-state index is 0.686. The number of fused-ring (bicyclic) bond motifs is 1. The van der Waals surface area contributed by atoms with Gasteiger partial charge in [0.2, 0.25) is 0 Å². The van der Waals surface area contributed by atoms with Gasteiger partial charge in [-0.1, -0.05) is 12.1 Å². The normalized spacial score (nSPS) is 10.7. The topological polar surface area (TPSA) is 64.9 Å². The number of nitrogens with one attached hydrogen (secondary N) is 1. The molecule has 6 nitrogen and oxygen atoms in total. The first-order valence-corrected chi connectivity index (χ1v) is 6.27. The Balaban J connectivity index is 1.79. The molecule has 0 amide bonds. The van der Waals surface area contributed by atoms with E-state index < -0.39 is 0 Å². The van der Waals surface area contributed by atoms with E-state index >= 15 is 0 Å². The Hall–Kier alpha value is -2.63. The van der Waals surface area contributed by atoms with Gasteiger partial charge in [-0.2, -0.15) is 5.10 Å². The summed E-state index contributed by atoms with van der Waals surface area (Å²) in [7, 11) is 3.52. The van der Waals surface area contributed by atoms with E-state index in [1.807, 2.05) is 31.3 Å². The maximum Gasteiger partial charge on any atom is 0.163 e. The molecule has 6 heteroatoms. The van der Waals surface area contributed by atoms with Crippen molar-refractivity contribution in [3.8, 4) is 5.75 Å². The molecule has 0 bridgehead atoms. The summed E-state index contributed by atoms with van der Waals surface area (Å²) in [4.78, 5) is 8.48. The lowest BCUT2D eigenvalue weighted by Crippen LogP contribution is -2.02. The molecule has 0 aliphatic rings. The molecule has 0 saturated carbocycles. The molecule has 3 aromatic rings. The minimum Gasteiger partial charge on any atom is -0.497 e. The van der Waals surface area contributed by atoms with Crippen LogP contribution in [0.2, 0.25) is 0 Å². The van der Waals surface area contributed by atoms with E-state index in [0.717, 1.165) is 28.2 Å². The van der Waals surface area contributed by atoms with Gasteiger partial charge in [-0.05, 0) is 17.7 Å². The second kappa shape index (κ2) is 5.16. The first kappa shape index (κ1) is 12.4. The molecule has 0 saturated heterocycles. The zero-order valence-electron chi connectivity index (χ0n) is 11.4. The highest BCUT2D eigenvalue weighted by atomic mass is 16.5. The third kappa shape index (κ3) is 2.27. The van der Waals surface area contributed by atoms with Crippen LogP contribution < -0.4 is 10.1 Å². The quantitative estimate of drug-likeness (QED) is 0.784. The van der Waals surface area contributed by atoms with Crippen LogP contribution in [-0.2, 0) is 13.6 Å². The summed E-state index contributed by atoms with van der Waals surface area (Å²) in [6, 6.07) is 7.92. The number of rotatable bonds is 4. The molecule has 0 radical (unpaired) electrons. The van der Waals surface area contributed by atoms with Gasteiger partial charge in [0.05, 0.1) is 18.7 Å². The molecule has 0 spiro atoms. The molecular weight excluding hydrogens is 254 g/mol. The zero-order chi connectivity index (χ0) is 13.9. The minimum atomic E-state index is 0.686. The van der Waals surface area contributed by atoms with Crippen molar-refractivity contribution in [3.63, 3.8) is 0 Å². The Morgan fingerprint density at radius 3 is 2.75 bits per heavy atom. The summed E-state index contributed by atoms with van der Waals surface area (Å²) in [5, 5.41) is 8.42. The number of anilines is 1. The predicted molar refractivity (Wildman–Crippen MR) is 76.6 cm³/mol. The molecule has 0 unspecified atom stereocenters. The first-order chi connectivity index (χ1) is 9.78. The summed E-state index contributed by atoms with van der Waals surface area (Å²) in [6.45, 7) is 0.686. The number of methoxy groups -OCH3 is 1. The Kier molecular flexibility index (Phi) is 3.20. The van der Waals surface area contributed by atoms with Gasteiger partial charge >= 0.3 is 0 Å². The van der Waals surface area contributed by atoms with Crippen LogP contribution in [0, 0.1) is 0 Å². The summed E-state index contributed by atoms with van der Waals surface area (Å²) >= 11 is 0. The molecule has 0 atom stereocenters.